The standard InChI is InChI=1S/C23H40N4O9/c1-3-4-5-6-7-8-9-14-36-21(33)18(11-13-20(31)32)27-23(35)25-15-24-22(34)26-17(16(2)28)10-12-19(29)30/h17-18H,3-15H2,1-2H3,(H,29,30)(H,31,32)(H2,24,26,34)(H2,25,27,35)/t17-,18-/m0/s1. The largest absolute Gasteiger partial charge is 0.481 e. The van der Waals surface area contributed by atoms with Crippen LogP contribution in [0.1, 0.15) is 84.5 Å². The third-order valence-corrected chi connectivity index (χ3v) is 5.17. The molecule has 0 saturated heterocycles. The smallest absolute Gasteiger partial charge is 0.328 e. The number of carboxylic acid groups (broad SMARTS) is 2. The molecule has 0 spiro atoms. The molecule has 0 aliphatic heterocycles. The van der Waals surface area contributed by atoms with Gasteiger partial charge < -0.3 is 36.2 Å². The van der Waals surface area contributed by atoms with Gasteiger partial charge in [-0.25, -0.2) is 14.4 Å². The van der Waals surface area contributed by atoms with E-state index in [1.54, 1.807) is 0 Å². The van der Waals surface area contributed by atoms with E-state index in [9.17, 15) is 28.8 Å². The molecule has 6 N–H and O–H groups in total. The summed E-state index contributed by atoms with van der Waals surface area (Å²) >= 11 is 0. The number of rotatable bonds is 20. The molecule has 13 nitrogen and oxygen atoms in total. The van der Waals surface area contributed by atoms with Crippen molar-refractivity contribution in [2.75, 3.05) is 13.3 Å². The van der Waals surface area contributed by atoms with Crippen molar-refractivity contribution in [1.82, 2.24) is 21.3 Å². The number of carbonyl (C=O) groups excluding carboxylic acids is 4. The summed E-state index contributed by atoms with van der Waals surface area (Å²) in [4.78, 5) is 69.4. The van der Waals surface area contributed by atoms with Crippen molar-refractivity contribution < 1.29 is 43.7 Å². The van der Waals surface area contributed by atoms with Gasteiger partial charge in [0.25, 0.3) is 0 Å². The van der Waals surface area contributed by atoms with E-state index in [-0.39, 0.29) is 39.0 Å². The van der Waals surface area contributed by atoms with Gasteiger partial charge in [0.2, 0.25) is 0 Å². The van der Waals surface area contributed by atoms with Gasteiger partial charge >= 0.3 is 30.0 Å². The number of hydrogen-bond donors (Lipinski definition) is 6. The van der Waals surface area contributed by atoms with E-state index in [1.165, 1.54) is 19.8 Å². The van der Waals surface area contributed by atoms with Gasteiger partial charge in [-0.15, -0.1) is 0 Å². The summed E-state index contributed by atoms with van der Waals surface area (Å²) < 4.78 is 5.19. The highest BCUT2D eigenvalue weighted by Gasteiger charge is 2.23. The summed E-state index contributed by atoms with van der Waals surface area (Å²) in [6.45, 7) is 3.14. The fraction of sp³-hybridized carbons (Fsp3) is 0.739. The quantitative estimate of drug-likeness (QED) is 0.0794. The van der Waals surface area contributed by atoms with Crippen molar-refractivity contribution in [3.63, 3.8) is 0 Å². The van der Waals surface area contributed by atoms with E-state index in [4.69, 9.17) is 14.9 Å². The Hall–Kier alpha value is -3.38. The number of esters is 1. The minimum atomic E-state index is -1.18. The molecule has 0 heterocycles. The first-order chi connectivity index (χ1) is 17.1. The average Bonchev–Trinajstić information content (AvgIpc) is 2.80. The number of carbonyl (C=O) groups is 6. The van der Waals surface area contributed by atoms with Crippen molar-refractivity contribution in [3.8, 4) is 0 Å². The minimum Gasteiger partial charge on any atom is -0.481 e. The second-order valence-corrected chi connectivity index (χ2v) is 8.35. The third kappa shape index (κ3) is 18.0. The number of amides is 4. The van der Waals surface area contributed by atoms with Gasteiger partial charge in [0.1, 0.15) is 6.04 Å². The molecule has 2 atom stereocenters. The highest BCUT2D eigenvalue weighted by atomic mass is 16.5. The summed E-state index contributed by atoms with van der Waals surface area (Å²) in [6, 6.07) is -3.83. The predicted molar refractivity (Wildman–Crippen MR) is 129 cm³/mol. The maximum Gasteiger partial charge on any atom is 0.328 e. The average molecular weight is 517 g/mol. The molecule has 0 bridgehead atoms. The number of ketones is 1. The maximum atomic E-state index is 12.3. The van der Waals surface area contributed by atoms with Crippen molar-refractivity contribution in [3.05, 3.63) is 0 Å². The monoisotopic (exact) mass is 516 g/mol. The highest BCUT2D eigenvalue weighted by molar-refractivity contribution is 5.87. The first-order valence-electron chi connectivity index (χ1n) is 12.3. The highest BCUT2D eigenvalue weighted by Crippen LogP contribution is 2.08. The molecular weight excluding hydrogens is 476 g/mol. The van der Waals surface area contributed by atoms with E-state index < -0.39 is 47.8 Å². The molecule has 206 valence electrons. The maximum absolute atomic E-state index is 12.3. The van der Waals surface area contributed by atoms with Gasteiger partial charge in [0, 0.05) is 12.8 Å². The first-order valence-corrected chi connectivity index (χ1v) is 12.3. The zero-order valence-corrected chi connectivity index (χ0v) is 21.1. The number of carboxylic acids is 2. The fourth-order valence-corrected chi connectivity index (χ4v) is 3.12. The molecule has 0 fully saturated rings. The van der Waals surface area contributed by atoms with E-state index >= 15 is 0 Å². The second kappa shape index (κ2) is 19.9. The lowest BCUT2D eigenvalue weighted by Crippen LogP contribution is -2.52. The molecule has 0 aromatic heterocycles. The Kier molecular flexibility index (Phi) is 18.0. The van der Waals surface area contributed by atoms with Crippen LogP contribution >= 0.6 is 0 Å². The number of urea groups is 2. The third-order valence-electron chi connectivity index (χ3n) is 5.17. The second-order valence-electron chi connectivity index (χ2n) is 8.35. The van der Waals surface area contributed by atoms with Crippen LogP contribution in [0.2, 0.25) is 0 Å². The SMILES string of the molecule is CCCCCCCCCOC(=O)[C@H](CCC(=O)O)NC(=O)NCNC(=O)N[C@@H](CCC(=O)O)C(C)=O. The molecule has 36 heavy (non-hydrogen) atoms. The van der Waals surface area contributed by atoms with Crippen LogP contribution in [-0.4, -0.2) is 71.3 Å². The van der Waals surface area contributed by atoms with Crippen LogP contribution in [0.25, 0.3) is 0 Å². The molecule has 0 unspecified atom stereocenters. The van der Waals surface area contributed by atoms with Crippen LogP contribution in [0.5, 0.6) is 0 Å². The zero-order valence-electron chi connectivity index (χ0n) is 21.1. The summed E-state index contributed by atoms with van der Waals surface area (Å²) in [5.41, 5.74) is 0. The van der Waals surface area contributed by atoms with E-state index in [0.717, 1.165) is 25.7 Å². The van der Waals surface area contributed by atoms with Gasteiger partial charge in [-0.1, -0.05) is 45.4 Å². The molecule has 0 aliphatic rings. The predicted octanol–water partition coefficient (Wildman–Crippen LogP) is 1.89. The molecule has 0 aliphatic carbocycles. The molecule has 0 rings (SSSR count). The number of aliphatic carboxylic acids is 2. The Bertz CT molecular complexity index is 730. The number of unbranched alkanes of at least 4 members (excludes halogenated alkanes) is 6. The van der Waals surface area contributed by atoms with Crippen LogP contribution < -0.4 is 21.3 Å². The minimum absolute atomic E-state index is 0.0851. The Morgan fingerprint density at radius 3 is 1.69 bits per heavy atom. The first kappa shape index (κ1) is 32.6. The molecule has 13 heteroatoms. The zero-order chi connectivity index (χ0) is 27.3. The molecule has 0 aromatic carbocycles. The Labute approximate surface area is 211 Å². The van der Waals surface area contributed by atoms with Crippen molar-refractivity contribution in [2.24, 2.45) is 0 Å². The van der Waals surface area contributed by atoms with Crippen molar-refractivity contribution >= 4 is 35.8 Å². The number of hydrogen-bond acceptors (Lipinski definition) is 7. The van der Waals surface area contributed by atoms with E-state index in [0.29, 0.717) is 6.42 Å². The van der Waals surface area contributed by atoms with Gasteiger partial charge in [-0.3, -0.25) is 14.4 Å². The lowest BCUT2D eigenvalue weighted by Gasteiger charge is -2.18. The molecule has 4 amide bonds. The molecule has 0 aromatic rings. The lowest BCUT2D eigenvalue weighted by atomic mass is 10.1. The van der Waals surface area contributed by atoms with Crippen LogP contribution in [0.3, 0.4) is 0 Å². The number of nitrogens with one attached hydrogen (secondary N) is 4. The summed E-state index contributed by atoms with van der Waals surface area (Å²) in [5.74, 6) is -3.41. The van der Waals surface area contributed by atoms with Crippen LogP contribution in [0.15, 0.2) is 0 Å². The summed E-state index contributed by atoms with van der Waals surface area (Å²) in [5, 5.41) is 26.8. The van der Waals surface area contributed by atoms with Crippen molar-refractivity contribution in [1.29, 1.82) is 0 Å². The fourth-order valence-electron chi connectivity index (χ4n) is 3.12. The van der Waals surface area contributed by atoms with Crippen LogP contribution in [0, 0.1) is 0 Å². The van der Waals surface area contributed by atoms with Gasteiger partial charge in [-0.05, 0) is 26.2 Å². The van der Waals surface area contributed by atoms with Crippen molar-refractivity contribution in [2.45, 2.75) is 96.6 Å². The number of ether oxygens (including phenoxy) is 1. The van der Waals surface area contributed by atoms with Crippen LogP contribution in [-0.2, 0) is 23.9 Å². The number of Topliss-reactive ketones (excluding diaryl/α,β-unsaturated/α-hetero) is 1. The van der Waals surface area contributed by atoms with Gasteiger partial charge in [0.05, 0.1) is 19.3 Å². The van der Waals surface area contributed by atoms with Gasteiger partial charge in [-0.2, -0.15) is 0 Å². The summed E-state index contributed by atoms with van der Waals surface area (Å²) in [6.07, 6.45) is 6.33. The van der Waals surface area contributed by atoms with E-state index in [1.807, 2.05) is 0 Å². The molecule has 0 radical (unpaired) electrons. The topological polar surface area (TPSA) is 200 Å². The molecule has 0 saturated carbocycles. The van der Waals surface area contributed by atoms with Gasteiger partial charge in [0.15, 0.2) is 5.78 Å². The van der Waals surface area contributed by atoms with Crippen LogP contribution in [0.4, 0.5) is 9.59 Å². The normalized spacial score (nSPS) is 12.1. The Morgan fingerprint density at radius 1 is 0.722 bits per heavy atom. The summed E-state index contributed by atoms with van der Waals surface area (Å²) in [7, 11) is 0. The Balaban J connectivity index is 4.47. The molecular formula is C23H40N4O9. The Morgan fingerprint density at radius 2 is 1.19 bits per heavy atom. The van der Waals surface area contributed by atoms with E-state index in [2.05, 4.69) is 28.2 Å². The lowest BCUT2D eigenvalue weighted by molar-refractivity contribution is -0.146.